The highest BCUT2D eigenvalue weighted by molar-refractivity contribution is 9.10. The van der Waals surface area contributed by atoms with E-state index < -0.39 is 0 Å². The van der Waals surface area contributed by atoms with Gasteiger partial charge in [0.25, 0.3) is 0 Å². The standard InChI is InChI=1S/C24H22BrNO4/c25-16-5-8-21-15(11-16)12-17(29-21)13-22-23(28)18-6-7-20(27)19(24(18)30-22)14-26-9-3-1-2-4-10-26/h5-8,11-13,27H,1-4,9-10,14H2/b22-13-. The quantitative estimate of drug-likeness (QED) is 0.594. The number of rotatable bonds is 3. The first-order chi connectivity index (χ1) is 14.6. The molecule has 1 aromatic heterocycles. The molecule has 0 spiro atoms. The van der Waals surface area contributed by atoms with Gasteiger partial charge in [0.05, 0.1) is 18.7 Å². The van der Waals surface area contributed by atoms with E-state index in [1.54, 1.807) is 12.1 Å². The number of allylic oxidation sites excluding steroid dienone is 1. The van der Waals surface area contributed by atoms with Gasteiger partial charge in [-0.05, 0) is 56.0 Å². The van der Waals surface area contributed by atoms with Crippen LogP contribution in [-0.4, -0.2) is 18.9 Å². The average molecular weight is 468 g/mol. The molecular weight excluding hydrogens is 446 g/mol. The second-order valence-electron chi connectivity index (χ2n) is 8.03. The number of furan rings is 1. The third-order valence-electron chi connectivity index (χ3n) is 5.91. The van der Waals surface area contributed by atoms with Crippen molar-refractivity contribution in [3.8, 4) is 11.5 Å². The molecule has 30 heavy (non-hydrogen) atoms. The molecule has 6 heteroatoms. The van der Waals surface area contributed by atoms with E-state index >= 15 is 0 Å². The van der Waals surface area contributed by atoms with Crippen LogP contribution in [0.4, 0.5) is 0 Å². The van der Waals surface area contributed by atoms with Crippen LogP contribution in [-0.2, 0) is 6.54 Å². The summed E-state index contributed by atoms with van der Waals surface area (Å²) in [5.74, 6) is 0.892. The van der Waals surface area contributed by atoms with Gasteiger partial charge in [0.2, 0.25) is 5.78 Å². The number of quaternary nitrogens is 1. The summed E-state index contributed by atoms with van der Waals surface area (Å²) in [6.45, 7) is 2.70. The van der Waals surface area contributed by atoms with E-state index in [1.165, 1.54) is 36.6 Å². The number of Topliss-reactive ketones (excluding diaryl/α,β-unsaturated/α-hetero) is 1. The fourth-order valence-electron chi connectivity index (χ4n) is 4.35. The Bertz CT molecular complexity index is 1160. The number of ether oxygens (including phenoxy) is 1. The lowest BCUT2D eigenvalue weighted by Crippen LogP contribution is -3.10. The molecule has 0 saturated carbocycles. The van der Waals surface area contributed by atoms with Gasteiger partial charge < -0.3 is 19.2 Å². The highest BCUT2D eigenvalue weighted by Crippen LogP contribution is 2.38. The Morgan fingerprint density at radius 2 is 1.87 bits per heavy atom. The van der Waals surface area contributed by atoms with Crippen molar-refractivity contribution >= 4 is 38.8 Å². The number of hydrogen-bond donors (Lipinski definition) is 1. The smallest absolute Gasteiger partial charge is 0.232 e. The topological polar surface area (TPSA) is 66.9 Å². The van der Waals surface area contributed by atoms with Crippen LogP contribution in [0.2, 0.25) is 0 Å². The Labute approximate surface area is 183 Å². The Balaban J connectivity index is 1.46. The molecule has 3 heterocycles. The first kappa shape index (κ1) is 19.4. The second kappa shape index (κ2) is 7.93. The minimum Gasteiger partial charge on any atom is -0.872 e. The Hall–Kier alpha value is -2.57. The zero-order valence-corrected chi connectivity index (χ0v) is 18.1. The van der Waals surface area contributed by atoms with Gasteiger partial charge in [0, 0.05) is 21.5 Å². The monoisotopic (exact) mass is 467 g/mol. The highest BCUT2D eigenvalue weighted by atomic mass is 79.9. The molecule has 5 rings (SSSR count). The number of fused-ring (bicyclic) bond motifs is 2. The SMILES string of the molecule is O=C1/C(=C/c2cc3cc(Br)ccc3o2)Oc2c1ccc([O-])c2C[NH+]1CCCCCC1. The van der Waals surface area contributed by atoms with Crippen LogP contribution >= 0.6 is 15.9 Å². The minimum atomic E-state index is -0.209. The fraction of sp³-hybridized carbons (Fsp3) is 0.292. The molecule has 0 atom stereocenters. The van der Waals surface area contributed by atoms with Gasteiger partial charge in [-0.15, -0.1) is 0 Å². The molecule has 0 bridgehead atoms. The van der Waals surface area contributed by atoms with Crippen molar-refractivity contribution in [3.63, 3.8) is 0 Å². The molecular formula is C24H22BrNO4. The van der Waals surface area contributed by atoms with Gasteiger partial charge >= 0.3 is 0 Å². The van der Waals surface area contributed by atoms with E-state index in [2.05, 4.69) is 15.9 Å². The summed E-state index contributed by atoms with van der Waals surface area (Å²) in [4.78, 5) is 14.3. The van der Waals surface area contributed by atoms with Crippen molar-refractivity contribution in [1.29, 1.82) is 0 Å². The van der Waals surface area contributed by atoms with Crippen molar-refractivity contribution in [3.05, 3.63) is 63.5 Å². The molecule has 0 amide bonds. The third kappa shape index (κ3) is 3.66. The lowest BCUT2D eigenvalue weighted by Gasteiger charge is -2.22. The number of carbonyl (C=O) groups is 1. The van der Waals surface area contributed by atoms with Gasteiger partial charge in [0.15, 0.2) is 5.76 Å². The van der Waals surface area contributed by atoms with Crippen molar-refractivity contribution in [2.45, 2.75) is 32.2 Å². The zero-order valence-electron chi connectivity index (χ0n) is 16.5. The summed E-state index contributed by atoms with van der Waals surface area (Å²) in [6.07, 6.45) is 6.45. The Morgan fingerprint density at radius 3 is 2.67 bits per heavy atom. The largest absolute Gasteiger partial charge is 0.872 e. The molecule has 2 aromatic carbocycles. The van der Waals surface area contributed by atoms with E-state index in [9.17, 15) is 9.90 Å². The normalized spacial score (nSPS) is 18.6. The molecule has 3 aromatic rings. The molecule has 0 radical (unpaired) electrons. The maximum atomic E-state index is 12.9. The van der Waals surface area contributed by atoms with E-state index in [0.717, 1.165) is 28.5 Å². The van der Waals surface area contributed by atoms with Crippen LogP contribution in [0.15, 0.2) is 51.0 Å². The Morgan fingerprint density at radius 1 is 1.07 bits per heavy atom. The summed E-state index contributed by atoms with van der Waals surface area (Å²) < 4.78 is 12.7. The van der Waals surface area contributed by atoms with Gasteiger partial charge in [0.1, 0.15) is 23.6 Å². The van der Waals surface area contributed by atoms with Crippen LogP contribution in [0, 0.1) is 0 Å². The molecule has 2 aliphatic heterocycles. The number of ketones is 1. The molecule has 1 saturated heterocycles. The number of halogens is 1. The molecule has 0 unspecified atom stereocenters. The van der Waals surface area contributed by atoms with Crippen LogP contribution in [0.3, 0.4) is 0 Å². The second-order valence-corrected chi connectivity index (χ2v) is 8.95. The predicted octanol–water partition coefficient (Wildman–Crippen LogP) is 3.84. The van der Waals surface area contributed by atoms with Crippen LogP contribution in [0.25, 0.3) is 17.0 Å². The predicted molar refractivity (Wildman–Crippen MR) is 116 cm³/mol. The summed E-state index contributed by atoms with van der Waals surface area (Å²) in [5, 5.41) is 13.5. The van der Waals surface area contributed by atoms with Crippen LogP contribution in [0.5, 0.6) is 11.5 Å². The van der Waals surface area contributed by atoms with E-state index in [-0.39, 0.29) is 17.3 Å². The molecule has 154 valence electrons. The summed E-state index contributed by atoms with van der Waals surface area (Å²) in [5.41, 5.74) is 1.80. The summed E-state index contributed by atoms with van der Waals surface area (Å²) >= 11 is 3.45. The van der Waals surface area contributed by atoms with Gasteiger partial charge in [-0.1, -0.05) is 27.7 Å². The maximum Gasteiger partial charge on any atom is 0.232 e. The number of carbonyl (C=O) groups excluding carboxylic acids is 1. The molecule has 1 fully saturated rings. The molecule has 5 nitrogen and oxygen atoms in total. The molecule has 2 aliphatic rings. The lowest BCUT2D eigenvalue weighted by molar-refractivity contribution is -0.913. The Kier molecular flexibility index (Phi) is 5.13. The average Bonchev–Trinajstić information content (AvgIpc) is 3.13. The van der Waals surface area contributed by atoms with Crippen molar-refractivity contribution in [1.82, 2.24) is 0 Å². The van der Waals surface area contributed by atoms with Crippen molar-refractivity contribution < 1.29 is 24.0 Å². The lowest BCUT2D eigenvalue weighted by atomic mass is 10.0. The number of benzene rings is 2. The van der Waals surface area contributed by atoms with Gasteiger partial charge in [-0.3, -0.25) is 4.79 Å². The number of hydrogen-bond acceptors (Lipinski definition) is 4. The maximum absolute atomic E-state index is 12.9. The van der Waals surface area contributed by atoms with Crippen molar-refractivity contribution in [2.24, 2.45) is 0 Å². The first-order valence-corrected chi connectivity index (χ1v) is 11.2. The number of likely N-dealkylation sites (tertiary alicyclic amines) is 1. The van der Waals surface area contributed by atoms with Gasteiger partial charge in [-0.2, -0.15) is 0 Å². The van der Waals surface area contributed by atoms with Crippen molar-refractivity contribution in [2.75, 3.05) is 13.1 Å². The zero-order chi connectivity index (χ0) is 20.7. The van der Waals surface area contributed by atoms with Crippen LogP contribution in [0.1, 0.15) is 47.4 Å². The molecule has 1 N–H and O–H groups in total. The third-order valence-corrected chi connectivity index (χ3v) is 6.40. The van der Waals surface area contributed by atoms with E-state index in [4.69, 9.17) is 9.15 Å². The first-order valence-electron chi connectivity index (χ1n) is 10.4. The summed E-state index contributed by atoms with van der Waals surface area (Å²) in [7, 11) is 0. The minimum absolute atomic E-state index is 0.0619. The fourth-order valence-corrected chi connectivity index (χ4v) is 4.73. The van der Waals surface area contributed by atoms with Crippen LogP contribution < -0.4 is 14.7 Å². The molecule has 0 aliphatic carbocycles. The highest BCUT2D eigenvalue weighted by Gasteiger charge is 2.31. The van der Waals surface area contributed by atoms with E-state index in [0.29, 0.717) is 29.2 Å². The van der Waals surface area contributed by atoms with E-state index in [1.807, 2.05) is 24.3 Å². The summed E-state index contributed by atoms with van der Waals surface area (Å²) in [6, 6.07) is 10.7. The van der Waals surface area contributed by atoms with Gasteiger partial charge in [-0.25, -0.2) is 0 Å². The number of nitrogens with one attached hydrogen (secondary N) is 1.